The third-order valence-corrected chi connectivity index (χ3v) is 5.97. The van der Waals surface area contributed by atoms with Crippen molar-refractivity contribution >= 4 is 0 Å². The van der Waals surface area contributed by atoms with E-state index in [1.807, 2.05) is 18.7 Å². The summed E-state index contributed by atoms with van der Waals surface area (Å²) < 4.78 is 8.52. The van der Waals surface area contributed by atoms with Crippen molar-refractivity contribution in [2.24, 2.45) is 0 Å². The maximum Gasteiger partial charge on any atom is 0.112 e. The number of hydrogen-bond donors (Lipinski definition) is 1. The molecule has 1 N–H and O–H groups in total. The Bertz CT molecular complexity index is 892. The maximum absolute atomic E-state index is 6.26. The number of likely N-dealkylation sites (tertiary alicyclic amines) is 1. The smallest absolute Gasteiger partial charge is 0.112 e. The van der Waals surface area contributed by atoms with Crippen molar-refractivity contribution < 1.29 is 4.74 Å². The molecule has 6 nitrogen and oxygen atoms in total. The van der Waals surface area contributed by atoms with Gasteiger partial charge in [0.1, 0.15) is 5.60 Å². The number of nitrogens with one attached hydrogen (secondary N) is 1. The average Bonchev–Trinajstić information content (AvgIpc) is 3.35. The van der Waals surface area contributed by atoms with Crippen LogP contribution in [0.2, 0.25) is 0 Å². The van der Waals surface area contributed by atoms with E-state index < -0.39 is 0 Å². The normalized spacial score (nSPS) is 19.3. The van der Waals surface area contributed by atoms with Crippen LogP contribution in [0, 0.1) is 0 Å². The SMILES string of the molecule is c1ccc(Cn2cncc2CN2CCC3(CC2)OCCc2cn[nH]c23)cc1. The molecule has 0 radical (unpaired) electrons. The van der Waals surface area contributed by atoms with Crippen molar-refractivity contribution in [1.29, 1.82) is 0 Å². The highest BCUT2D eigenvalue weighted by Gasteiger charge is 2.42. The van der Waals surface area contributed by atoms with Gasteiger partial charge in [0.25, 0.3) is 0 Å². The largest absolute Gasteiger partial charge is 0.368 e. The molecule has 140 valence electrons. The molecule has 2 aromatic heterocycles. The van der Waals surface area contributed by atoms with Gasteiger partial charge in [0.2, 0.25) is 0 Å². The Morgan fingerprint density at radius 1 is 1.07 bits per heavy atom. The van der Waals surface area contributed by atoms with Crippen molar-refractivity contribution in [3.63, 3.8) is 0 Å². The minimum atomic E-state index is -0.162. The summed E-state index contributed by atoms with van der Waals surface area (Å²) in [6.07, 6.45) is 8.89. The number of aromatic nitrogens is 4. The molecule has 4 heterocycles. The molecule has 3 aromatic rings. The number of piperidine rings is 1. The van der Waals surface area contributed by atoms with Gasteiger partial charge in [-0.05, 0) is 30.4 Å². The van der Waals surface area contributed by atoms with Gasteiger partial charge in [-0.2, -0.15) is 5.10 Å². The van der Waals surface area contributed by atoms with Crippen LogP contribution in [0.3, 0.4) is 0 Å². The first-order valence-electron chi connectivity index (χ1n) is 9.74. The average molecular weight is 363 g/mol. The second-order valence-electron chi connectivity index (χ2n) is 7.64. The minimum Gasteiger partial charge on any atom is -0.368 e. The Hall–Kier alpha value is -2.44. The molecule has 1 aromatic carbocycles. The number of fused-ring (bicyclic) bond motifs is 2. The molecule has 0 unspecified atom stereocenters. The number of ether oxygens (including phenoxy) is 1. The van der Waals surface area contributed by atoms with Crippen molar-refractivity contribution in [3.05, 3.63) is 71.6 Å². The van der Waals surface area contributed by atoms with Crippen LogP contribution in [0.4, 0.5) is 0 Å². The van der Waals surface area contributed by atoms with Gasteiger partial charge in [-0.15, -0.1) is 0 Å². The van der Waals surface area contributed by atoms with Crippen molar-refractivity contribution in [2.75, 3.05) is 19.7 Å². The third-order valence-electron chi connectivity index (χ3n) is 5.97. The summed E-state index contributed by atoms with van der Waals surface area (Å²) in [5.74, 6) is 0. The fourth-order valence-electron chi connectivity index (χ4n) is 4.42. The van der Waals surface area contributed by atoms with E-state index in [0.29, 0.717) is 0 Å². The Kier molecular flexibility index (Phi) is 4.30. The summed E-state index contributed by atoms with van der Waals surface area (Å²) in [6.45, 7) is 4.65. The van der Waals surface area contributed by atoms with E-state index >= 15 is 0 Å². The second kappa shape index (κ2) is 6.94. The van der Waals surface area contributed by atoms with E-state index in [9.17, 15) is 0 Å². The zero-order valence-corrected chi connectivity index (χ0v) is 15.5. The molecule has 0 atom stereocenters. The number of H-pyrrole nitrogens is 1. The third kappa shape index (κ3) is 3.19. The van der Waals surface area contributed by atoms with Gasteiger partial charge >= 0.3 is 0 Å². The van der Waals surface area contributed by atoms with E-state index in [2.05, 4.69) is 55.0 Å². The number of hydrogen-bond acceptors (Lipinski definition) is 4. The highest BCUT2D eigenvalue weighted by atomic mass is 16.5. The van der Waals surface area contributed by atoms with Gasteiger partial charge in [-0.3, -0.25) is 10.00 Å². The lowest BCUT2D eigenvalue weighted by Crippen LogP contribution is -2.46. The quantitative estimate of drug-likeness (QED) is 0.774. The predicted octanol–water partition coefficient (Wildman–Crippen LogP) is 2.72. The van der Waals surface area contributed by atoms with E-state index in [-0.39, 0.29) is 5.60 Å². The maximum atomic E-state index is 6.26. The number of benzene rings is 1. The molecule has 0 aliphatic carbocycles. The summed E-state index contributed by atoms with van der Waals surface area (Å²) in [7, 11) is 0. The van der Waals surface area contributed by atoms with Crippen LogP contribution in [-0.4, -0.2) is 44.3 Å². The molecule has 0 amide bonds. The van der Waals surface area contributed by atoms with Crippen LogP contribution in [0.1, 0.15) is 35.4 Å². The van der Waals surface area contributed by atoms with Crippen molar-refractivity contribution in [2.45, 2.75) is 38.0 Å². The number of nitrogens with zero attached hydrogens (tertiary/aromatic N) is 4. The molecular weight excluding hydrogens is 338 g/mol. The molecule has 0 saturated carbocycles. The minimum absolute atomic E-state index is 0.162. The fourth-order valence-corrected chi connectivity index (χ4v) is 4.42. The van der Waals surface area contributed by atoms with Crippen molar-refractivity contribution in [3.8, 4) is 0 Å². The fraction of sp³-hybridized carbons (Fsp3) is 0.429. The lowest BCUT2D eigenvalue weighted by molar-refractivity contribution is -0.102. The highest BCUT2D eigenvalue weighted by molar-refractivity contribution is 5.26. The molecule has 5 rings (SSSR count). The Labute approximate surface area is 159 Å². The molecule has 27 heavy (non-hydrogen) atoms. The van der Waals surface area contributed by atoms with Gasteiger partial charge in [0.15, 0.2) is 0 Å². The zero-order valence-electron chi connectivity index (χ0n) is 15.5. The van der Waals surface area contributed by atoms with Gasteiger partial charge in [0, 0.05) is 32.4 Å². The van der Waals surface area contributed by atoms with Crippen molar-refractivity contribution in [1.82, 2.24) is 24.6 Å². The number of aromatic amines is 1. The van der Waals surface area contributed by atoms with Gasteiger partial charge < -0.3 is 9.30 Å². The summed E-state index contributed by atoms with van der Waals surface area (Å²) in [4.78, 5) is 6.90. The summed E-state index contributed by atoms with van der Waals surface area (Å²) >= 11 is 0. The van der Waals surface area contributed by atoms with E-state index in [1.54, 1.807) is 0 Å². The monoisotopic (exact) mass is 363 g/mol. The van der Waals surface area contributed by atoms with Crippen LogP contribution in [-0.2, 0) is 29.8 Å². The number of rotatable bonds is 4. The molecule has 6 heteroatoms. The summed E-state index contributed by atoms with van der Waals surface area (Å²) in [5.41, 5.74) is 4.95. The van der Waals surface area contributed by atoms with Crippen LogP contribution in [0.25, 0.3) is 0 Å². The molecule has 1 fully saturated rings. The molecule has 1 spiro atoms. The zero-order chi connectivity index (χ0) is 18.1. The second-order valence-corrected chi connectivity index (χ2v) is 7.64. The van der Waals surface area contributed by atoms with E-state index in [1.165, 1.54) is 22.5 Å². The van der Waals surface area contributed by atoms with Crippen LogP contribution < -0.4 is 0 Å². The Morgan fingerprint density at radius 3 is 2.78 bits per heavy atom. The van der Waals surface area contributed by atoms with E-state index in [4.69, 9.17) is 4.74 Å². The predicted molar refractivity (Wildman–Crippen MR) is 102 cm³/mol. The molecule has 2 aliphatic heterocycles. The van der Waals surface area contributed by atoms with Crippen LogP contribution in [0.5, 0.6) is 0 Å². The first-order valence-corrected chi connectivity index (χ1v) is 9.74. The van der Waals surface area contributed by atoms with E-state index in [0.717, 1.165) is 52.0 Å². The summed E-state index contributed by atoms with van der Waals surface area (Å²) in [6, 6.07) is 10.6. The van der Waals surface area contributed by atoms with Gasteiger partial charge in [0.05, 0.1) is 30.5 Å². The molecular formula is C21H25N5O. The lowest BCUT2D eigenvalue weighted by Gasteiger charge is -2.43. The summed E-state index contributed by atoms with van der Waals surface area (Å²) in [5, 5.41) is 7.46. The standard InChI is InChI=1S/C21H25N5O/c1-2-4-17(5-3-1)14-26-16-22-13-19(26)15-25-9-7-21(8-10-25)20-18(6-11-27-21)12-23-24-20/h1-5,12-13,16H,6-11,14-15H2,(H,23,24). The number of imidazole rings is 1. The first-order chi connectivity index (χ1) is 13.3. The van der Waals surface area contributed by atoms with Gasteiger partial charge in [-0.25, -0.2) is 4.98 Å². The van der Waals surface area contributed by atoms with Crippen LogP contribution in [0.15, 0.2) is 49.1 Å². The molecule has 0 bridgehead atoms. The lowest BCUT2D eigenvalue weighted by atomic mass is 9.84. The molecule has 1 saturated heterocycles. The first kappa shape index (κ1) is 16.7. The Morgan fingerprint density at radius 2 is 1.93 bits per heavy atom. The molecule has 2 aliphatic rings. The van der Waals surface area contributed by atoms with Gasteiger partial charge in [-0.1, -0.05) is 30.3 Å². The Balaban J connectivity index is 1.25. The van der Waals surface area contributed by atoms with Crippen LogP contribution >= 0.6 is 0 Å². The topological polar surface area (TPSA) is 59.0 Å². The highest BCUT2D eigenvalue weighted by Crippen LogP contribution is 2.40.